The fourth-order valence-electron chi connectivity index (χ4n) is 3.00. The standard InChI is InChI=1S/C26H22BrN3O2S2/c1-2-32-21-12-10-20(11-13-21)29-25(31)24-23(34-22-14-8-19(27)9-15-22)16-28-26(30-24)33-17-18-6-4-3-5-7-18/h3-16H,2,17H2,1H3,(H,29,31). The van der Waals surface area contributed by atoms with Gasteiger partial charge in [0.1, 0.15) is 11.4 Å². The number of carbonyl (C=O) groups excluding carboxylic acids is 1. The number of amides is 1. The largest absolute Gasteiger partial charge is 0.494 e. The molecule has 5 nitrogen and oxygen atoms in total. The van der Waals surface area contributed by atoms with Crippen LogP contribution in [-0.4, -0.2) is 22.5 Å². The molecule has 0 saturated heterocycles. The Bertz CT molecular complexity index is 1240. The van der Waals surface area contributed by atoms with E-state index in [-0.39, 0.29) is 5.91 Å². The van der Waals surface area contributed by atoms with Gasteiger partial charge >= 0.3 is 0 Å². The van der Waals surface area contributed by atoms with Gasteiger partial charge in [-0.3, -0.25) is 4.79 Å². The van der Waals surface area contributed by atoms with Crippen LogP contribution in [0.3, 0.4) is 0 Å². The zero-order valence-corrected chi connectivity index (χ0v) is 21.6. The second-order valence-electron chi connectivity index (χ2n) is 7.11. The molecule has 1 aromatic heterocycles. The number of ether oxygens (including phenoxy) is 1. The lowest BCUT2D eigenvalue weighted by Crippen LogP contribution is -2.16. The number of hydrogen-bond donors (Lipinski definition) is 1. The number of halogens is 1. The van der Waals surface area contributed by atoms with Crippen LogP contribution in [0.2, 0.25) is 0 Å². The molecule has 0 atom stereocenters. The third-order valence-corrected chi connectivity index (χ3v) is 7.11. The van der Waals surface area contributed by atoms with Crippen LogP contribution in [0.5, 0.6) is 5.75 Å². The number of hydrogen-bond acceptors (Lipinski definition) is 6. The van der Waals surface area contributed by atoms with Gasteiger partial charge in [0.25, 0.3) is 5.91 Å². The summed E-state index contributed by atoms with van der Waals surface area (Å²) < 4.78 is 6.48. The predicted molar refractivity (Wildman–Crippen MR) is 142 cm³/mol. The number of aromatic nitrogens is 2. The van der Waals surface area contributed by atoms with E-state index < -0.39 is 0 Å². The van der Waals surface area contributed by atoms with Gasteiger partial charge in [0.2, 0.25) is 0 Å². The van der Waals surface area contributed by atoms with E-state index >= 15 is 0 Å². The summed E-state index contributed by atoms with van der Waals surface area (Å²) in [5.41, 5.74) is 2.18. The first-order chi connectivity index (χ1) is 16.6. The van der Waals surface area contributed by atoms with Crippen LogP contribution < -0.4 is 10.1 Å². The molecule has 0 fully saturated rings. The van der Waals surface area contributed by atoms with Crippen molar-refractivity contribution in [3.63, 3.8) is 0 Å². The Morgan fingerprint density at radius 3 is 2.44 bits per heavy atom. The Kier molecular flexibility index (Phi) is 8.62. The molecule has 0 saturated carbocycles. The fourth-order valence-corrected chi connectivity index (χ4v) is 4.91. The maximum atomic E-state index is 13.3. The fraction of sp³-hybridized carbons (Fsp3) is 0.115. The van der Waals surface area contributed by atoms with E-state index in [0.29, 0.717) is 28.0 Å². The molecule has 172 valence electrons. The maximum Gasteiger partial charge on any atom is 0.275 e. The highest BCUT2D eigenvalue weighted by Gasteiger charge is 2.17. The SMILES string of the molecule is CCOc1ccc(NC(=O)c2nc(SCc3ccccc3)ncc2Sc2ccc(Br)cc2)cc1. The smallest absolute Gasteiger partial charge is 0.275 e. The highest BCUT2D eigenvalue weighted by molar-refractivity contribution is 9.10. The lowest BCUT2D eigenvalue weighted by Gasteiger charge is -2.11. The van der Waals surface area contributed by atoms with E-state index in [0.717, 1.165) is 20.9 Å². The third kappa shape index (κ3) is 6.85. The third-order valence-electron chi connectivity index (χ3n) is 4.62. The Morgan fingerprint density at radius 2 is 1.74 bits per heavy atom. The minimum Gasteiger partial charge on any atom is -0.494 e. The minimum absolute atomic E-state index is 0.285. The van der Waals surface area contributed by atoms with Gasteiger partial charge in [-0.25, -0.2) is 9.97 Å². The Balaban J connectivity index is 1.57. The van der Waals surface area contributed by atoms with Crippen molar-refractivity contribution < 1.29 is 9.53 Å². The molecule has 0 bridgehead atoms. The van der Waals surface area contributed by atoms with Crippen LogP contribution in [-0.2, 0) is 5.75 Å². The van der Waals surface area contributed by atoms with Crippen LogP contribution in [0.1, 0.15) is 23.0 Å². The zero-order chi connectivity index (χ0) is 23.8. The summed E-state index contributed by atoms with van der Waals surface area (Å²) in [7, 11) is 0. The molecule has 3 aromatic carbocycles. The topological polar surface area (TPSA) is 64.1 Å². The average Bonchev–Trinajstić information content (AvgIpc) is 2.86. The second kappa shape index (κ2) is 12.1. The Hall–Kier alpha value is -2.81. The van der Waals surface area contributed by atoms with E-state index in [9.17, 15) is 4.79 Å². The average molecular weight is 553 g/mol. The zero-order valence-electron chi connectivity index (χ0n) is 18.4. The van der Waals surface area contributed by atoms with Crippen molar-refractivity contribution in [3.05, 3.63) is 101 Å². The van der Waals surface area contributed by atoms with Gasteiger partial charge in [-0.15, -0.1) is 0 Å². The molecular formula is C26H22BrN3O2S2. The summed E-state index contributed by atoms with van der Waals surface area (Å²) in [6.07, 6.45) is 1.72. The molecule has 1 amide bonds. The Labute approximate surface area is 215 Å². The van der Waals surface area contributed by atoms with Gasteiger partial charge in [0, 0.05) is 27.0 Å². The molecule has 0 radical (unpaired) electrons. The summed E-state index contributed by atoms with van der Waals surface area (Å²) in [5, 5.41) is 3.51. The first-order valence-corrected chi connectivity index (χ1v) is 13.2. The van der Waals surface area contributed by atoms with Crippen LogP contribution in [0, 0.1) is 0 Å². The lowest BCUT2D eigenvalue weighted by atomic mass is 10.2. The number of nitrogens with one attached hydrogen (secondary N) is 1. The van der Waals surface area contributed by atoms with E-state index in [4.69, 9.17) is 4.74 Å². The van der Waals surface area contributed by atoms with Crippen molar-refractivity contribution in [3.8, 4) is 5.75 Å². The van der Waals surface area contributed by atoms with Crippen molar-refractivity contribution in [2.45, 2.75) is 27.6 Å². The summed E-state index contributed by atoms with van der Waals surface area (Å²) in [5.74, 6) is 1.20. The van der Waals surface area contributed by atoms with E-state index in [1.54, 1.807) is 6.20 Å². The van der Waals surface area contributed by atoms with Crippen LogP contribution in [0.15, 0.2) is 104 Å². The summed E-state index contributed by atoms with van der Waals surface area (Å²) in [4.78, 5) is 24.1. The maximum absolute atomic E-state index is 13.3. The number of thioether (sulfide) groups is 1. The van der Waals surface area contributed by atoms with Gasteiger partial charge < -0.3 is 10.1 Å². The number of benzene rings is 3. The van der Waals surface area contributed by atoms with Gasteiger partial charge in [-0.2, -0.15) is 0 Å². The number of rotatable bonds is 9. The second-order valence-corrected chi connectivity index (χ2v) is 10.1. The molecule has 1 N–H and O–H groups in total. The van der Waals surface area contributed by atoms with Crippen LogP contribution in [0.25, 0.3) is 0 Å². The molecule has 4 rings (SSSR count). The van der Waals surface area contributed by atoms with Crippen molar-refractivity contribution in [1.29, 1.82) is 0 Å². The summed E-state index contributed by atoms with van der Waals surface area (Å²) in [6, 6.07) is 25.3. The molecular weight excluding hydrogens is 530 g/mol. The molecule has 0 aliphatic heterocycles. The first kappa shape index (κ1) is 24.3. The molecule has 1 heterocycles. The highest BCUT2D eigenvalue weighted by atomic mass is 79.9. The van der Waals surface area contributed by atoms with Crippen molar-refractivity contribution >= 4 is 51.0 Å². The molecule has 0 unspecified atom stereocenters. The number of nitrogens with zero attached hydrogens (tertiary/aromatic N) is 2. The minimum atomic E-state index is -0.285. The van der Waals surface area contributed by atoms with Gasteiger partial charge in [0.05, 0.1) is 11.5 Å². The monoisotopic (exact) mass is 551 g/mol. The first-order valence-electron chi connectivity index (χ1n) is 10.6. The molecule has 0 aliphatic carbocycles. The number of carbonyl (C=O) groups is 1. The van der Waals surface area contributed by atoms with E-state index in [1.165, 1.54) is 29.1 Å². The molecule has 8 heteroatoms. The van der Waals surface area contributed by atoms with Crippen LogP contribution >= 0.6 is 39.5 Å². The van der Waals surface area contributed by atoms with Crippen molar-refractivity contribution in [2.75, 3.05) is 11.9 Å². The van der Waals surface area contributed by atoms with Crippen molar-refractivity contribution in [1.82, 2.24) is 9.97 Å². The predicted octanol–water partition coefficient (Wildman–Crippen LogP) is 7.33. The summed E-state index contributed by atoms with van der Waals surface area (Å²) in [6.45, 7) is 2.52. The molecule has 0 spiro atoms. The number of anilines is 1. The van der Waals surface area contributed by atoms with Gasteiger partial charge in [-0.1, -0.05) is 69.8 Å². The summed E-state index contributed by atoms with van der Waals surface area (Å²) >= 11 is 6.42. The molecule has 0 aliphatic rings. The van der Waals surface area contributed by atoms with E-state index in [2.05, 4.69) is 43.3 Å². The van der Waals surface area contributed by atoms with Crippen LogP contribution in [0.4, 0.5) is 5.69 Å². The normalized spacial score (nSPS) is 10.6. The highest BCUT2D eigenvalue weighted by Crippen LogP contribution is 2.32. The molecule has 4 aromatic rings. The molecule has 34 heavy (non-hydrogen) atoms. The van der Waals surface area contributed by atoms with Crippen molar-refractivity contribution in [2.24, 2.45) is 0 Å². The van der Waals surface area contributed by atoms with Gasteiger partial charge in [-0.05, 0) is 61.0 Å². The quantitative estimate of drug-likeness (QED) is 0.173. The lowest BCUT2D eigenvalue weighted by molar-refractivity contribution is 0.101. The van der Waals surface area contributed by atoms with Gasteiger partial charge in [0.15, 0.2) is 5.16 Å². The Morgan fingerprint density at radius 1 is 1.00 bits per heavy atom. The van der Waals surface area contributed by atoms with E-state index in [1.807, 2.05) is 73.7 Å².